The first-order valence-corrected chi connectivity index (χ1v) is 9.72. The van der Waals surface area contributed by atoms with Crippen LogP contribution in [0.2, 0.25) is 5.02 Å². The van der Waals surface area contributed by atoms with Gasteiger partial charge >= 0.3 is 0 Å². The zero-order valence-electron chi connectivity index (χ0n) is 15.7. The fourth-order valence-corrected chi connectivity index (χ4v) is 3.47. The van der Waals surface area contributed by atoms with Crippen molar-refractivity contribution in [2.24, 2.45) is 7.05 Å². The van der Waals surface area contributed by atoms with Crippen LogP contribution in [0.25, 0.3) is 22.8 Å². The number of rotatable bonds is 6. The van der Waals surface area contributed by atoms with Crippen molar-refractivity contribution in [3.05, 3.63) is 59.6 Å². The maximum Gasteiger partial charge on any atom is 0.258 e. The lowest BCUT2D eigenvalue weighted by atomic mass is 10.2. The van der Waals surface area contributed by atoms with Crippen LogP contribution in [0.5, 0.6) is 0 Å². The first-order valence-electron chi connectivity index (χ1n) is 9.34. The molecule has 0 amide bonds. The third kappa shape index (κ3) is 3.58. The molecule has 146 valence electrons. The molecule has 1 aliphatic carbocycles. The van der Waals surface area contributed by atoms with E-state index >= 15 is 0 Å². The van der Waals surface area contributed by atoms with Gasteiger partial charge in [0.25, 0.3) is 5.89 Å². The van der Waals surface area contributed by atoms with Crippen molar-refractivity contribution in [2.45, 2.75) is 25.4 Å². The first kappa shape index (κ1) is 17.8. The maximum absolute atomic E-state index is 6.07. The van der Waals surface area contributed by atoms with Gasteiger partial charge in [0.1, 0.15) is 0 Å². The van der Waals surface area contributed by atoms with Crippen LogP contribution >= 0.6 is 11.6 Å². The molecule has 4 aromatic rings. The van der Waals surface area contributed by atoms with Gasteiger partial charge in [-0.15, -0.1) is 10.2 Å². The van der Waals surface area contributed by atoms with E-state index in [1.54, 1.807) is 18.5 Å². The van der Waals surface area contributed by atoms with Gasteiger partial charge in [0.2, 0.25) is 5.95 Å². The summed E-state index contributed by atoms with van der Waals surface area (Å²) in [6.07, 6.45) is 5.71. The van der Waals surface area contributed by atoms with E-state index in [-0.39, 0.29) is 0 Å². The minimum Gasteiger partial charge on any atom is -0.334 e. The third-order valence-electron chi connectivity index (χ3n) is 4.89. The second-order valence-corrected chi connectivity index (χ2v) is 7.44. The molecule has 8 nitrogen and oxygen atoms in total. The van der Waals surface area contributed by atoms with E-state index in [9.17, 15) is 0 Å². The number of halogens is 1. The summed E-state index contributed by atoms with van der Waals surface area (Å²) in [5.41, 5.74) is 1.77. The highest BCUT2D eigenvalue weighted by Crippen LogP contribution is 2.33. The highest BCUT2D eigenvalue weighted by molar-refractivity contribution is 6.30. The molecule has 0 radical (unpaired) electrons. The molecule has 0 spiro atoms. The van der Waals surface area contributed by atoms with Crippen LogP contribution in [0.3, 0.4) is 0 Å². The molecule has 1 saturated carbocycles. The molecule has 1 aliphatic rings. The molecule has 3 heterocycles. The molecule has 0 saturated heterocycles. The maximum atomic E-state index is 6.07. The third-order valence-corrected chi connectivity index (χ3v) is 5.12. The predicted octanol–water partition coefficient (Wildman–Crippen LogP) is 3.75. The molecule has 0 bridgehead atoms. The van der Waals surface area contributed by atoms with Gasteiger partial charge in [0, 0.05) is 41.6 Å². The highest BCUT2D eigenvalue weighted by atomic mass is 35.5. The van der Waals surface area contributed by atoms with Crippen molar-refractivity contribution < 1.29 is 4.52 Å². The summed E-state index contributed by atoms with van der Waals surface area (Å²) in [5, 5.41) is 13.6. The van der Waals surface area contributed by atoms with Gasteiger partial charge in [-0.25, -0.2) is 0 Å². The minimum absolute atomic E-state index is 0.399. The fraction of sp³-hybridized carbons (Fsp3) is 0.250. The van der Waals surface area contributed by atoms with E-state index in [2.05, 4.69) is 30.2 Å². The Bertz CT molecular complexity index is 1140. The van der Waals surface area contributed by atoms with E-state index in [0.717, 1.165) is 35.7 Å². The summed E-state index contributed by atoms with van der Waals surface area (Å²) in [6, 6.07) is 11.6. The fourth-order valence-electron chi connectivity index (χ4n) is 3.28. The van der Waals surface area contributed by atoms with Crippen molar-refractivity contribution in [1.29, 1.82) is 0 Å². The van der Waals surface area contributed by atoms with Gasteiger partial charge in [0.15, 0.2) is 11.6 Å². The van der Waals surface area contributed by atoms with E-state index < -0.39 is 0 Å². The first-order chi connectivity index (χ1) is 14.2. The quantitative estimate of drug-likeness (QED) is 0.481. The minimum atomic E-state index is 0.399. The van der Waals surface area contributed by atoms with Gasteiger partial charge in [-0.1, -0.05) is 22.8 Å². The highest BCUT2D eigenvalue weighted by Gasteiger charge is 2.33. The van der Waals surface area contributed by atoms with E-state index in [1.807, 2.05) is 41.9 Å². The molecule has 0 aliphatic heterocycles. The number of hydrogen-bond donors (Lipinski definition) is 0. The van der Waals surface area contributed by atoms with Crippen molar-refractivity contribution in [3.63, 3.8) is 0 Å². The van der Waals surface area contributed by atoms with Crippen LogP contribution in [0.1, 0.15) is 18.7 Å². The average Bonchev–Trinajstić information content (AvgIpc) is 3.35. The molecular weight excluding hydrogens is 390 g/mol. The molecule has 3 aromatic heterocycles. The summed E-state index contributed by atoms with van der Waals surface area (Å²) in [4.78, 5) is 10.8. The Balaban J connectivity index is 1.42. The van der Waals surface area contributed by atoms with Crippen LogP contribution in [0.15, 0.2) is 53.3 Å². The molecule has 1 fully saturated rings. The van der Waals surface area contributed by atoms with Gasteiger partial charge < -0.3 is 9.42 Å². The van der Waals surface area contributed by atoms with Gasteiger partial charge in [-0.05, 0) is 43.2 Å². The molecule has 1 aromatic carbocycles. The summed E-state index contributed by atoms with van der Waals surface area (Å²) in [5.74, 6) is 2.63. The second-order valence-electron chi connectivity index (χ2n) is 7.00. The lowest BCUT2D eigenvalue weighted by molar-refractivity contribution is 0.421. The summed E-state index contributed by atoms with van der Waals surface area (Å²) >= 11 is 6.07. The van der Waals surface area contributed by atoms with E-state index in [0.29, 0.717) is 29.3 Å². The van der Waals surface area contributed by atoms with Gasteiger partial charge in [0.05, 0.1) is 6.54 Å². The standard InChI is InChI=1S/C20H18ClN7O/c1-27-18(13-7-9-22-10-8-13)24-25-20(27)28(16-5-6-16)12-17-23-19(29-26-17)14-3-2-4-15(21)11-14/h2-4,7-11,16H,5-6,12H2,1H3. The summed E-state index contributed by atoms with van der Waals surface area (Å²) in [7, 11) is 1.97. The second kappa shape index (κ2) is 7.29. The molecule has 0 unspecified atom stereocenters. The van der Waals surface area contributed by atoms with Gasteiger partial charge in [-0.3, -0.25) is 9.55 Å². The Morgan fingerprint density at radius 1 is 1.14 bits per heavy atom. The Labute approximate surface area is 172 Å². The predicted molar refractivity (Wildman–Crippen MR) is 108 cm³/mol. The molecule has 9 heteroatoms. The summed E-state index contributed by atoms with van der Waals surface area (Å²) in [6.45, 7) is 0.497. The Morgan fingerprint density at radius 2 is 1.97 bits per heavy atom. The Hall–Kier alpha value is -3.26. The largest absolute Gasteiger partial charge is 0.334 e. The number of nitrogens with zero attached hydrogens (tertiary/aromatic N) is 7. The van der Waals surface area contributed by atoms with Crippen LogP contribution in [0, 0.1) is 0 Å². The number of aromatic nitrogens is 6. The van der Waals surface area contributed by atoms with Crippen molar-refractivity contribution in [3.8, 4) is 22.8 Å². The van der Waals surface area contributed by atoms with Crippen molar-refractivity contribution >= 4 is 17.5 Å². The van der Waals surface area contributed by atoms with Crippen LogP contribution < -0.4 is 4.90 Å². The Kier molecular flexibility index (Phi) is 4.48. The molecular formula is C20H18ClN7O. The molecule has 0 atom stereocenters. The molecule has 29 heavy (non-hydrogen) atoms. The summed E-state index contributed by atoms with van der Waals surface area (Å²) < 4.78 is 7.44. The van der Waals surface area contributed by atoms with Gasteiger partial charge in [-0.2, -0.15) is 4.98 Å². The average molecular weight is 408 g/mol. The topological polar surface area (TPSA) is 85.8 Å². The lowest BCUT2D eigenvalue weighted by Crippen LogP contribution is -2.28. The lowest BCUT2D eigenvalue weighted by Gasteiger charge is -2.21. The molecule has 0 N–H and O–H groups in total. The van der Waals surface area contributed by atoms with Crippen molar-refractivity contribution in [1.82, 2.24) is 29.9 Å². The number of benzene rings is 1. The van der Waals surface area contributed by atoms with Crippen LogP contribution in [-0.4, -0.2) is 35.9 Å². The Morgan fingerprint density at radius 3 is 2.72 bits per heavy atom. The number of anilines is 1. The monoisotopic (exact) mass is 407 g/mol. The van der Waals surface area contributed by atoms with Crippen molar-refractivity contribution in [2.75, 3.05) is 4.90 Å². The van der Waals surface area contributed by atoms with Crippen LogP contribution in [-0.2, 0) is 13.6 Å². The normalized spacial score (nSPS) is 13.6. The van der Waals surface area contributed by atoms with E-state index in [4.69, 9.17) is 16.1 Å². The number of hydrogen-bond acceptors (Lipinski definition) is 7. The zero-order valence-corrected chi connectivity index (χ0v) is 16.5. The van der Waals surface area contributed by atoms with E-state index in [1.165, 1.54) is 0 Å². The molecule has 5 rings (SSSR count). The SMILES string of the molecule is Cn1c(-c2ccncc2)nnc1N(Cc1noc(-c2cccc(Cl)c2)n1)C1CC1. The number of pyridine rings is 1. The van der Waals surface area contributed by atoms with Crippen LogP contribution in [0.4, 0.5) is 5.95 Å². The smallest absolute Gasteiger partial charge is 0.258 e. The zero-order chi connectivity index (χ0) is 19.8.